The van der Waals surface area contributed by atoms with Crippen molar-refractivity contribution in [2.45, 2.75) is 83.6 Å². The van der Waals surface area contributed by atoms with Crippen molar-refractivity contribution < 1.29 is 5.11 Å². The van der Waals surface area contributed by atoms with E-state index in [-0.39, 0.29) is 6.61 Å². The molecule has 0 saturated heterocycles. The molecule has 0 unspecified atom stereocenters. The van der Waals surface area contributed by atoms with E-state index in [2.05, 4.69) is 45.0 Å². The summed E-state index contributed by atoms with van der Waals surface area (Å²) >= 11 is -2.13. The summed E-state index contributed by atoms with van der Waals surface area (Å²) in [4.78, 5) is 0. The molecular weight excluding hydrogens is 375 g/mol. The third kappa shape index (κ3) is 6.62. The number of benzene rings is 1. The van der Waals surface area contributed by atoms with Crippen LogP contribution in [0.25, 0.3) is 0 Å². The molecule has 0 atom stereocenters. The van der Waals surface area contributed by atoms with Gasteiger partial charge in [-0.2, -0.15) is 0 Å². The number of hydrogen-bond donors (Lipinski definition) is 1. The molecule has 1 N–H and O–H groups in total. The molecule has 0 bridgehead atoms. The van der Waals surface area contributed by atoms with E-state index < -0.39 is 18.4 Å². The van der Waals surface area contributed by atoms with E-state index in [0.717, 1.165) is 0 Å². The van der Waals surface area contributed by atoms with Crippen LogP contribution < -0.4 is 0 Å². The van der Waals surface area contributed by atoms with Crippen LogP contribution in [0.15, 0.2) is 24.3 Å². The average molecular weight is 411 g/mol. The van der Waals surface area contributed by atoms with Crippen LogP contribution in [0, 0.1) is 0 Å². The first-order valence-corrected chi connectivity index (χ1v) is 17.5. The first-order chi connectivity index (χ1) is 10.7. The molecule has 1 rings (SSSR count). The Labute approximate surface area is 142 Å². The Bertz CT molecular complexity index is 381. The van der Waals surface area contributed by atoms with Crippen molar-refractivity contribution in [2.75, 3.05) is 0 Å². The van der Waals surface area contributed by atoms with E-state index in [1.54, 1.807) is 13.3 Å². The zero-order valence-corrected chi connectivity index (χ0v) is 17.9. The van der Waals surface area contributed by atoms with E-state index in [1.807, 2.05) is 0 Å². The zero-order valence-electron chi connectivity index (χ0n) is 15.0. The maximum absolute atomic E-state index is 9.67. The van der Waals surface area contributed by atoms with Crippen molar-refractivity contribution in [3.8, 4) is 0 Å². The van der Waals surface area contributed by atoms with Crippen molar-refractivity contribution in [1.82, 2.24) is 0 Å². The van der Waals surface area contributed by atoms with E-state index in [9.17, 15) is 5.11 Å². The van der Waals surface area contributed by atoms with Gasteiger partial charge in [0.05, 0.1) is 0 Å². The minimum absolute atomic E-state index is 0.202. The number of rotatable bonds is 12. The first kappa shape index (κ1) is 20.0. The van der Waals surface area contributed by atoms with Gasteiger partial charge in [-0.05, 0) is 0 Å². The van der Waals surface area contributed by atoms with Crippen molar-refractivity contribution in [3.05, 3.63) is 35.4 Å². The number of unbranched alkanes of at least 4 members (excludes halogenated alkanes) is 3. The Hall–Kier alpha value is -0.0213. The molecule has 1 nitrogen and oxygen atoms in total. The van der Waals surface area contributed by atoms with Gasteiger partial charge < -0.3 is 0 Å². The SMILES string of the molecule is CCC[CH2][Sn]([CH2]CCC)([CH2]CCC)[CH2]c1ccccc1CO. The molecular formula is C20H36OSn. The quantitative estimate of drug-likeness (QED) is 0.412. The van der Waals surface area contributed by atoms with Crippen molar-refractivity contribution in [2.24, 2.45) is 0 Å². The summed E-state index contributed by atoms with van der Waals surface area (Å²) in [5.41, 5.74) is 2.64. The van der Waals surface area contributed by atoms with Crippen LogP contribution in [0.4, 0.5) is 0 Å². The number of aliphatic hydroxyl groups excluding tert-OH is 1. The summed E-state index contributed by atoms with van der Waals surface area (Å²) in [7, 11) is 0. The van der Waals surface area contributed by atoms with Crippen LogP contribution in [0.3, 0.4) is 0 Å². The van der Waals surface area contributed by atoms with Gasteiger partial charge in [-0.15, -0.1) is 0 Å². The Balaban J connectivity index is 2.97. The Morgan fingerprint density at radius 2 is 1.23 bits per heavy atom. The summed E-state index contributed by atoms with van der Waals surface area (Å²) < 4.78 is 5.99. The van der Waals surface area contributed by atoms with Gasteiger partial charge >= 0.3 is 143 Å². The molecule has 0 radical (unpaired) electrons. The monoisotopic (exact) mass is 412 g/mol. The molecule has 0 saturated carbocycles. The molecule has 1 aromatic carbocycles. The van der Waals surface area contributed by atoms with E-state index in [1.165, 1.54) is 54.1 Å². The standard InChI is InChI=1S/C8H9O.3C4H9.Sn/c1-7-4-2-3-5-8(7)6-9;3*1-3-4-2;/h2-5,9H,1,6H2;3*1,3-4H2,2H3;. The third-order valence-corrected chi connectivity index (χ3v) is 20.4. The van der Waals surface area contributed by atoms with Crippen LogP contribution >= 0.6 is 0 Å². The molecule has 0 fully saturated rings. The van der Waals surface area contributed by atoms with Crippen LogP contribution in [-0.2, 0) is 11.0 Å². The number of hydrogen-bond acceptors (Lipinski definition) is 1. The molecule has 0 aliphatic rings. The van der Waals surface area contributed by atoms with Crippen LogP contribution in [0.5, 0.6) is 0 Å². The average Bonchev–Trinajstić information content (AvgIpc) is 2.56. The second-order valence-corrected chi connectivity index (χ2v) is 20.8. The van der Waals surface area contributed by atoms with Gasteiger partial charge in [-0.1, -0.05) is 0 Å². The molecule has 126 valence electrons. The fraction of sp³-hybridized carbons (Fsp3) is 0.700. The molecule has 22 heavy (non-hydrogen) atoms. The van der Waals surface area contributed by atoms with Gasteiger partial charge in [0.1, 0.15) is 0 Å². The van der Waals surface area contributed by atoms with E-state index in [0.29, 0.717) is 0 Å². The second-order valence-electron chi connectivity index (χ2n) is 6.91. The summed E-state index contributed by atoms with van der Waals surface area (Å²) in [6.45, 7) is 7.20. The summed E-state index contributed by atoms with van der Waals surface area (Å²) in [5.74, 6) is 0. The van der Waals surface area contributed by atoms with Gasteiger partial charge in [-0.3, -0.25) is 0 Å². The van der Waals surface area contributed by atoms with Crippen molar-refractivity contribution in [3.63, 3.8) is 0 Å². The van der Waals surface area contributed by atoms with Crippen LogP contribution in [-0.4, -0.2) is 23.5 Å². The van der Waals surface area contributed by atoms with Gasteiger partial charge in [0, 0.05) is 0 Å². The summed E-state index contributed by atoms with van der Waals surface area (Å²) in [6.07, 6.45) is 8.26. The van der Waals surface area contributed by atoms with Gasteiger partial charge in [0.25, 0.3) is 0 Å². The van der Waals surface area contributed by atoms with Crippen molar-refractivity contribution >= 4 is 18.4 Å². The zero-order chi connectivity index (χ0) is 16.3. The molecule has 0 aliphatic carbocycles. The Morgan fingerprint density at radius 3 is 1.64 bits per heavy atom. The van der Waals surface area contributed by atoms with Gasteiger partial charge in [0.15, 0.2) is 0 Å². The Kier molecular flexibility index (Phi) is 10.5. The van der Waals surface area contributed by atoms with Crippen molar-refractivity contribution in [1.29, 1.82) is 0 Å². The maximum atomic E-state index is 9.67. The van der Waals surface area contributed by atoms with E-state index in [4.69, 9.17) is 0 Å². The molecule has 2 heteroatoms. The molecule has 0 amide bonds. The fourth-order valence-corrected chi connectivity index (χ4v) is 20.0. The fourth-order valence-electron chi connectivity index (χ4n) is 3.58. The number of aliphatic hydroxyl groups is 1. The minimum atomic E-state index is -2.13. The second kappa shape index (κ2) is 11.5. The predicted molar refractivity (Wildman–Crippen MR) is 101 cm³/mol. The first-order valence-electron chi connectivity index (χ1n) is 9.39. The third-order valence-electron chi connectivity index (χ3n) is 5.04. The van der Waals surface area contributed by atoms with Gasteiger partial charge in [-0.25, -0.2) is 0 Å². The molecule has 1 aromatic rings. The molecule has 0 aliphatic heterocycles. The van der Waals surface area contributed by atoms with Crippen LogP contribution in [0.2, 0.25) is 13.3 Å². The van der Waals surface area contributed by atoms with E-state index >= 15 is 0 Å². The molecule has 0 heterocycles. The van der Waals surface area contributed by atoms with Crippen LogP contribution in [0.1, 0.15) is 70.4 Å². The molecule has 0 spiro atoms. The summed E-state index contributed by atoms with van der Waals surface area (Å²) in [6, 6.07) is 8.62. The molecule has 0 aromatic heterocycles. The summed E-state index contributed by atoms with van der Waals surface area (Å²) in [5, 5.41) is 9.67. The van der Waals surface area contributed by atoms with Gasteiger partial charge in [0.2, 0.25) is 0 Å². The normalized spacial score (nSPS) is 11.8. The Morgan fingerprint density at radius 1 is 0.773 bits per heavy atom. The topological polar surface area (TPSA) is 20.2 Å². The predicted octanol–water partition coefficient (Wildman–Crippen LogP) is 6.11.